The number of pyridine rings is 1. The van der Waals surface area contributed by atoms with Gasteiger partial charge in [-0.15, -0.1) is 0 Å². The Morgan fingerprint density at radius 1 is 1.22 bits per heavy atom. The monoisotopic (exact) mass is 321 g/mol. The highest BCUT2D eigenvalue weighted by Gasteiger charge is 2.27. The summed E-state index contributed by atoms with van der Waals surface area (Å²) in [5, 5.41) is 9.30. The van der Waals surface area contributed by atoms with Gasteiger partial charge in [0.15, 0.2) is 0 Å². The minimum atomic E-state index is -0.998. The van der Waals surface area contributed by atoms with Gasteiger partial charge in [-0.1, -0.05) is 0 Å². The van der Waals surface area contributed by atoms with Crippen LogP contribution in [0.2, 0.25) is 0 Å². The molecule has 0 bridgehead atoms. The van der Waals surface area contributed by atoms with E-state index in [1.807, 2.05) is 32.6 Å². The van der Waals surface area contributed by atoms with E-state index in [1.54, 1.807) is 11.0 Å². The smallest absolute Gasteiger partial charge is 0.410 e. The van der Waals surface area contributed by atoms with Crippen molar-refractivity contribution in [2.75, 3.05) is 31.1 Å². The van der Waals surface area contributed by atoms with E-state index in [9.17, 15) is 14.7 Å². The summed E-state index contributed by atoms with van der Waals surface area (Å²) in [6, 6.07) is 1.77. The van der Waals surface area contributed by atoms with Crippen molar-refractivity contribution >= 4 is 17.7 Å². The van der Waals surface area contributed by atoms with Crippen molar-refractivity contribution in [3.05, 3.63) is 23.5 Å². The Morgan fingerprint density at radius 2 is 1.83 bits per heavy atom. The van der Waals surface area contributed by atoms with Crippen LogP contribution in [0.4, 0.5) is 10.5 Å². The van der Waals surface area contributed by atoms with Gasteiger partial charge in [0, 0.05) is 38.1 Å². The molecule has 0 aliphatic carbocycles. The highest BCUT2D eigenvalue weighted by atomic mass is 16.6. The molecule has 0 spiro atoms. The fraction of sp³-hybridized carbons (Fsp3) is 0.562. The molecule has 1 N–H and O–H groups in total. The molecule has 0 atom stereocenters. The number of amides is 1. The van der Waals surface area contributed by atoms with E-state index >= 15 is 0 Å². The third kappa shape index (κ3) is 4.34. The molecule has 0 unspecified atom stereocenters. The van der Waals surface area contributed by atoms with Crippen LogP contribution >= 0.6 is 0 Å². The first-order valence-corrected chi connectivity index (χ1v) is 7.60. The van der Waals surface area contributed by atoms with E-state index in [0.717, 1.165) is 5.69 Å². The molecule has 1 fully saturated rings. The predicted molar refractivity (Wildman–Crippen MR) is 86.0 cm³/mol. The van der Waals surface area contributed by atoms with Crippen molar-refractivity contribution in [1.82, 2.24) is 9.88 Å². The summed E-state index contributed by atoms with van der Waals surface area (Å²) in [6.45, 7) is 9.43. The summed E-state index contributed by atoms with van der Waals surface area (Å²) in [5.41, 5.74) is 1.07. The molecule has 0 saturated carbocycles. The number of aromatic carboxylic acids is 1. The predicted octanol–water partition coefficient (Wildman–Crippen LogP) is 2.15. The number of carbonyl (C=O) groups excluding carboxylic acids is 1. The Bertz CT molecular complexity index is 602. The molecule has 1 aromatic heterocycles. The van der Waals surface area contributed by atoms with E-state index in [-0.39, 0.29) is 11.7 Å². The molecule has 0 radical (unpaired) electrons. The Morgan fingerprint density at radius 3 is 2.35 bits per heavy atom. The minimum absolute atomic E-state index is 0.182. The van der Waals surface area contributed by atoms with Crippen LogP contribution in [0.1, 0.15) is 36.8 Å². The quantitative estimate of drug-likeness (QED) is 0.898. The van der Waals surface area contributed by atoms with Gasteiger partial charge in [-0.25, -0.2) is 9.59 Å². The topological polar surface area (TPSA) is 83.0 Å². The summed E-state index contributed by atoms with van der Waals surface area (Å²) in [5.74, 6) is -0.998. The Labute approximate surface area is 135 Å². The standard InChI is InChI=1S/C16H23N3O4/c1-11-9-13(12(10-17-11)14(20)21)18-5-7-19(8-6-18)15(22)23-16(2,3)4/h9-10H,5-8H2,1-4H3,(H,20,21). The van der Waals surface area contributed by atoms with Crippen LogP contribution in [0.15, 0.2) is 12.3 Å². The highest BCUT2D eigenvalue weighted by molar-refractivity contribution is 5.94. The van der Waals surface area contributed by atoms with Crippen LogP contribution in [0, 0.1) is 6.92 Å². The van der Waals surface area contributed by atoms with Gasteiger partial charge >= 0.3 is 12.1 Å². The fourth-order valence-corrected chi connectivity index (χ4v) is 2.43. The van der Waals surface area contributed by atoms with Crippen molar-refractivity contribution in [3.63, 3.8) is 0 Å². The molecule has 1 amide bonds. The lowest BCUT2D eigenvalue weighted by molar-refractivity contribution is 0.0240. The van der Waals surface area contributed by atoms with E-state index in [4.69, 9.17) is 4.74 Å². The number of ether oxygens (including phenoxy) is 1. The Balaban J connectivity index is 2.06. The lowest BCUT2D eigenvalue weighted by Gasteiger charge is -2.37. The zero-order valence-corrected chi connectivity index (χ0v) is 14.0. The number of aromatic nitrogens is 1. The molecule has 1 aromatic rings. The number of carbonyl (C=O) groups is 2. The number of aryl methyl sites for hydroxylation is 1. The summed E-state index contributed by atoms with van der Waals surface area (Å²) in [7, 11) is 0. The van der Waals surface area contributed by atoms with E-state index in [1.165, 1.54) is 6.20 Å². The lowest BCUT2D eigenvalue weighted by atomic mass is 10.1. The van der Waals surface area contributed by atoms with E-state index in [0.29, 0.717) is 31.9 Å². The molecule has 0 aromatic carbocycles. The Kier molecular flexibility index (Phi) is 4.77. The second-order valence-electron chi connectivity index (χ2n) is 6.60. The maximum absolute atomic E-state index is 12.1. The molecule has 23 heavy (non-hydrogen) atoms. The van der Waals surface area contributed by atoms with Crippen molar-refractivity contribution in [3.8, 4) is 0 Å². The van der Waals surface area contributed by atoms with Crippen LogP contribution in [0.3, 0.4) is 0 Å². The van der Waals surface area contributed by atoms with Gasteiger partial charge in [0.2, 0.25) is 0 Å². The minimum Gasteiger partial charge on any atom is -0.478 e. The number of anilines is 1. The van der Waals surface area contributed by atoms with E-state index < -0.39 is 11.6 Å². The number of carboxylic acid groups (broad SMARTS) is 1. The normalized spacial score (nSPS) is 15.5. The lowest BCUT2D eigenvalue weighted by Crippen LogP contribution is -2.50. The maximum Gasteiger partial charge on any atom is 0.410 e. The Hall–Kier alpha value is -2.31. The van der Waals surface area contributed by atoms with Gasteiger partial charge in [-0.3, -0.25) is 4.98 Å². The molecule has 2 heterocycles. The van der Waals surface area contributed by atoms with Crippen LogP contribution in [0.25, 0.3) is 0 Å². The van der Waals surface area contributed by atoms with Crippen molar-refractivity contribution in [1.29, 1.82) is 0 Å². The molecule has 126 valence electrons. The van der Waals surface area contributed by atoms with Crippen molar-refractivity contribution in [2.45, 2.75) is 33.3 Å². The first kappa shape index (κ1) is 17.1. The number of hydrogen-bond acceptors (Lipinski definition) is 5. The zero-order valence-electron chi connectivity index (χ0n) is 14.0. The average molecular weight is 321 g/mol. The second kappa shape index (κ2) is 6.44. The summed E-state index contributed by atoms with van der Waals surface area (Å²) in [6.07, 6.45) is 1.05. The summed E-state index contributed by atoms with van der Waals surface area (Å²) in [4.78, 5) is 31.1. The van der Waals surface area contributed by atoms with Crippen molar-refractivity contribution in [2.24, 2.45) is 0 Å². The SMILES string of the molecule is Cc1cc(N2CCN(C(=O)OC(C)(C)C)CC2)c(C(=O)O)cn1. The molecule has 7 nitrogen and oxygen atoms in total. The fourth-order valence-electron chi connectivity index (χ4n) is 2.43. The number of piperazine rings is 1. The van der Waals surface area contributed by atoms with Gasteiger partial charge in [0.05, 0.1) is 5.69 Å². The molecular weight excluding hydrogens is 298 g/mol. The van der Waals surface area contributed by atoms with Gasteiger partial charge in [0.25, 0.3) is 0 Å². The first-order valence-electron chi connectivity index (χ1n) is 7.60. The second-order valence-corrected chi connectivity index (χ2v) is 6.60. The molecule has 1 aliphatic heterocycles. The zero-order chi connectivity index (χ0) is 17.2. The summed E-state index contributed by atoms with van der Waals surface area (Å²) >= 11 is 0. The number of nitrogens with zero attached hydrogens (tertiary/aromatic N) is 3. The number of hydrogen-bond donors (Lipinski definition) is 1. The molecule has 2 rings (SSSR count). The molecule has 1 aliphatic rings. The van der Waals surface area contributed by atoms with Gasteiger partial charge < -0.3 is 19.6 Å². The van der Waals surface area contributed by atoms with Crippen molar-refractivity contribution < 1.29 is 19.4 Å². The van der Waals surface area contributed by atoms with Crippen LogP contribution < -0.4 is 4.90 Å². The van der Waals surface area contributed by atoms with Crippen LogP contribution in [-0.2, 0) is 4.74 Å². The van der Waals surface area contributed by atoms with E-state index in [2.05, 4.69) is 4.98 Å². The van der Waals surface area contributed by atoms with Crippen LogP contribution in [0.5, 0.6) is 0 Å². The van der Waals surface area contributed by atoms with Gasteiger partial charge in [-0.2, -0.15) is 0 Å². The molecule has 7 heteroatoms. The highest BCUT2D eigenvalue weighted by Crippen LogP contribution is 2.23. The van der Waals surface area contributed by atoms with Crippen LogP contribution in [-0.4, -0.2) is 58.8 Å². The van der Waals surface area contributed by atoms with Gasteiger partial charge in [-0.05, 0) is 33.8 Å². The largest absolute Gasteiger partial charge is 0.478 e. The first-order chi connectivity index (χ1) is 10.7. The molecule has 1 saturated heterocycles. The summed E-state index contributed by atoms with van der Waals surface area (Å²) < 4.78 is 5.36. The third-order valence-corrected chi connectivity index (χ3v) is 3.52. The molecular formula is C16H23N3O4. The average Bonchev–Trinajstić information content (AvgIpc) is 2.45. The van der Waals surface area contributed by atoms with Gasteiger partial charge in [0.1, 0.15) is 11.2 Å². The maximum atomic E-state index is 12.1. The number of rotatable bonds is 2. The number of carboxylic acids is 1. The third-order valence-electron chi connectivity index (χ3n) is 3.52.